The fraction of sp³-hybridized carbons (Fsp3) is 0. The molecule has 0 aliphatic heterocycles. The van der Waals surface area contributed by atoms with E-state index < -0.39 is 0 Å². The van der Waals surface area contributed by atoms with Gasteiger partial charge >= 0.3 is 0 Å². The summed E-state index contributed by atoms with van der Waals surface area (Å²) < 4.78 is 0. The minimum Gasteiger partial charge on any atom is -0.412 e. The van der Waals surface area contributed by atoms with Gasteiger partial charge < -0.3 is 5.48 Å². The molecule has 0 fully saturated rings. The monoisotopic (exact) mass is 170 g/mol. The highest BCUT2D eigenvalue weighted by Crippen LogP contribution is 1.68. The maximum Gasteiger partial charge on any atom is 0.0496 e. The van der Waals surface area contributed by atoms with E-state index in [-0.39, 0.29) is 30.3 Å². The molecule has 54 valence electrons. The van der Waals surface area contributed by atoms with Crippen molar-refractivity contribution in [2.45, 2.75) is 0 Å². The van der Waals surface area contributed by atoms with Gasteiger partial charge in [0, 0.05) is 12.4 Å². The van der Waals surface area contributed by atoms with Crippen molar-refractivity contribution in [3.63, 3.8) is 0 Å². The van der Waals surface area contributed by atoms with Crippen LogP contribution in [0.4, 0.5) is 0 Å². The fourth-order valence-corrected chi connectivity index (χ4v) is 0.253. The summed E-state index contributed by atoms with van der Waals surface area (Å²) in [5, 5.41) is 7.07. The minimum atomic E-state index is 0. The summed E-state index contributed by atoms with van der Waals surface area (Å²) in [6.45, 7) is 0. The van der Waals surface area contributed by atoms with E-state index in [1.165, 1.54) is 0 Å². The van der Waals surface area contributed by atoms with Crippen LogP contribution in [0.15, 0.2) is 24.5 Å². The summed E-state index contributed by atoms with van der Waals surface area (Å²) >= 11 is 0. The van der Waals surface area contributed by atoms with Crippen molar-refractivity contribution in [3.8, 4) is 0 Å². The first-order chi connectivity index (χ1) is 3.00. The highest BCUT2D eigenvalue weighted by molar-refractivity contribution is 5.85. The second-order valence-corrected chi connectivity index (χ2v) is 0.914. The molecule has 0 unspecified atom stereocenters. The van der Waals surface area contributed by atoms with Crippen LogP contribution in [0, 0.1) is 0 Å². The number of nitrogens with zero attached hydrogens (tertiary/aromatic N) is 2. The first-order valence-corrected chi connectivity index (χ1v) is 1.72. The predicted octanol–water partition coefficient (Wildman–Crippen LogP) is 0.495. The Hall–Kier alpha value is -0.380. The summed E-state index contributed by atoms with van der Waals surface area (Å²) in [5.74, 6) is 0. The zero-order valence-electron chi connectivity index (χ0n) is 4.52. The lowest BCUT2D eigenvalue weighted by molar-refractivity contribution is 0.824. The lowest BCUT2D eigenvalue weighted by Gasteiger charge is -1.69. The van der Waals surface area contributed by atoms with E-state index in [1.54, 1.807) is 12.4 Å². The molecule has 1 aromatic rings. The normalized spacial score (nSPS) is 5.33. The lowest BCUT2D eigenvalue weighted by atomic mass is 10.6. The van der Waals surface area contributed by atoms with E-state index >= 15 is 0 Å². The van der Waals surface area contributed by atoms with Crippen LogP contribution in [0.3, 0.4) is 0 Å². The van der Waals surface area contributed by atoms with Crippen molar-refractivity contribution in [1.29, 1.82) is 0 Å². The second kappa shape index (κ2) is 10.6. The Balaban J connectivity index is -0.000000120. The molecule has 0 amide bonds. The van der Waals surface area contributed by atoms with Crippen molar-refractivity contribution in [1.82, 2.24) is 10.2 Å². The number of halogens is 2. The average Bonchev–Trinajstić information content (AvgIpc) is 1.72. The van der Waals surface area contributed by atoms with Crippen molar-refractivity contribution >= 4 is 24.8 Å². The predicted molar refractivity (Wildman–Crippen MR) is 40.1 cm³/mol. The first-order valence-electron chi connectivity index (χ1n) is 1.72. The van der Waals surface area contributed by atoms with Gasteiger partial charge in [-0.05, 0) is 12.1 Å². The molecule has 2 N–H and O–H groups in total. The number of hydrogen-bond acceptors (Lipinski definition) is 2. The van der Waals surface area contributed by atoms with Gasteiger partial charge in [0.2, 0.25) is 0 Å². The minimum absolute atomic E-state index is 0. The number of rotatable bonds is 0. The van der Waals surface area contributed by atoms with Gasteiger partial charge in [0.25, 0.3) is 0 Å². The third-order valence-electron chi connectivity index (χ3n) is 0.483. The molecular formula is C4H8Cl2N2O. The van der Waals surface area contributed by atoms with E-state index in [9.17, 15) is 0 Å². The Morgan fingerprint density at radius 2 is 1.11 bits per heavy atom. The topological polar surface area (TPSA) is 57.3 Å². The molecule has 1 aromatic heterocycles. The van der Waals surface area contributed by atoms with Crippen LogP contribution in [0.25, 0.3) is 0 Å². The van der Waals surface area contributed by atoms with E-state index in [4.69, 9.17) is 0 Å². The van der Waals surface area contributed by atoms with Crippen LogP contribution in [0.5, 0.6) is 0 Å². The summed E-state index contributed by atoms with van der Waals surface area (Å²) in [6, 6.07) is 3.65. The number of aromatic nitrogens is 2. The second-order valence-electron chi connectivity index (χ2n) is 0.914. The first kappa shape index (κ1) is 15.8. The quantitative estimate of drug-likeness (QED) is 0.570. The summed E-state index contributed by atoms with van der Waals surface area (Å²) in [7, 11) is 0. The zero-order chi connectivity index (χ0) is 4.24. The molecule has 0 spiro atoms. The maximum absolute atomic E-state index is 3.53. The van der Waals surface area contributed by atoms with Gasteiger partial charge in [0.15, 0.2) is 0 Å². The average molecular weight is 171 g/mol. The Kier molecular flexibility index (Phi) is 18.6. The lowest BCUT2D eigenvalue weighted by Crippen LogP contribution is -1.69. The molecule has 0 atom stereocenters. The molecule has 0 aliphatic carbocycles. The van der Waals surface area contributed by atoms with Crippen molar-refractivity contribution in [2.24, 2.45) is 0 Å². The Bertz CT molecular complexity index is 88.5. The van der Waals surface area contributed by atoms with Gasteiger partial charge in [-0.15, -0.1) is 24.8 Å². The van der Waals surface area contributed by atoms with Crippen LogP contribution in [-0.4, -0.2) is 15.7 Å². The van der Waals surface area contributed by atoms with Crippen LogP contribution in [0.2, 0.25) is 0 Å². The molecule has 0 saturated carbocycles. The third-order valence-corrected chi connectivity index (χ3v) is 0.483. The SMILES string of the molecule is Cl.Cl.O.c1ccnnc1. The molecular weight excluding hydrogens is 163 g/mol. The molecule has 1 rings (SSSR count). The van der Waals surface area contributed by atoms with Crippen LogP contribution >= 0.6 is 24.8 Å². The van der Waals surface area contributed by atoms with Crippen molar-refractivity contribution in [3.05, 3.63) is 24.5 Å². The van der Waals surface area contributed by atoms with Crippen LogP contribution in [0.1, 0.15) is 0 Å². The Morgan fingerprint density at radius 3 is 1.22 bits per heavy atom. The molecule has 0 bridgehead atoms. The fourth-order valence-electron chi connectivity index (χ4n) is 0.253. The zero-order valence-corrected chi connectivity index (χ0v) is 6.15. The largest absolute Gasteiger partial charge is 0.412 e. The highest BCUT2D eigenvalue weighted by atomic mass is 35.5. The van der Waals surface area contributed by atoms with E-state index in [1.807, 2.05) is 12.1 Å². The maximum atomic E-state index is 3.53. The van der Waals surface area contributed by atoms with Crippen LogP contribution < -0.4 is 0 Å². The van der Waals surface area contributed by atoms with E-state index in [2.05, 4.69) is 10.2 Å². The van der Waals surface area contributed by atoms with E-state index in [0.717, 1.165) is 0 Å². The smallest absolute Gasteiger partial charge is 0.0496 e. The summed E-state index contributed by atoms with van der Waals surface area (Å²) in [5.41, 5.74) is 0. The molecule has 9 heavy (non-hydrogen) atoms. The van der Waals surface area contributed by atoms with E-state index in [0.29, 0.717) is 0 Å². The molecule has 0 aliphatic rings. The third kappa shape index (κ3) is 7.62. The van der Waals surface area contributed by atoms with Crippen molar-refractivity contribution < 1.29 is 5.48 Å². The molecule has 5 heteroatoms. The van der Waals surface area contributed by atoms with Gasteiger partial charge in [-0.25, -0.2) is 0 Å². The summed E-state index contributed by atoms with van der Waals surface area (Å²) in [6.07, 6.45) is 3.28. The van der Waals surface area contributed by atoms with Gasteiger partial charge in [-0.3, -0.25) is 0 Å². The highest BCUT2D eigenvalue weighted by Gasteiger charge is 1.59. The molecule has 0 aromatic carbocycles. The van der Waals surface area contributed by atoms with Crippen LogP contribution in [-0.2, 0) is 0 Å². The van der Waals surface area contributed by atoms with Crippen molar-refractivity contribution in [2.75, 3.05) is 0 Å². The Labute approximate surface area is 65.6 Å². The van der Waals surface area contributed by atoms with Gasteiger partial charge in [-0.1, -0.05) is 0 Å². The molecule has 1 heterocycles. The van der Waals surface area contributed by atoms with Gasteiger partial charge in [-0.2, -0.15) is 10.2 Å². The summed E-state index contributed by atoms with van der Waals surface area (Å²) in [4.78, 5) is 0. The molecule has 0 radical (unpaired) electrons. The standard InChI is InChI=1S/C4H4N2.2ClH.H2O/c1-2-4-6-5-3-1;;;/h1-4H;2*1H;1H2. The van der Waals surface area contributed by atoms with Gasteiger partial charge in [0.05, 0.1) is 0 Å². The number of hydrogen-bond donors (Lipinski definition) is 0. The Morgan fingerprint density at radius 1 is 0.778 bits per heavy atom. The van der Waals surface area contributed by atoms with Gasteiger partial charge in [0.1, 0.15) is 0 Å². The molecule has 0 saturated heterocycles. The molecule has 3 nitrogen and oxygen atoms in total.